The highest BCUT2D eigenvalue weighted by molar-refractivity contribution is 6.24. The van der Waals surface area contributed by atoms with Crippen LogP contribution in [0, 0.1) is 0 Å². The van der Waals surface area contributed by atoms with E-state index in [1.165, 1.54) is 24.3 Å². The van der Waals surface area contributed by atoms with Gasteiger partial charge in [-0.05, 0) is 28.6 Å². The van der Waals surface area contributed by atoms with E-state index in [1.807, 2.05) is 30.3 Å². The van der Waals surface area contributed by atoms with E-state index in [0.717, 1.165) is 5.56 Å². The molecule has 1 amide bonds. The number of methoxy groups -OCH3 is 1. The van der Waals surface area contributed by atoms with E-state index in [9.17, 15) is 4.79 Å². The van der Waals surface area contributed by atoms with Crippen molar-refractivity contribution in [3.05, 3.63) is 72.8 Å². The summed E-state index contributed by atoms with van der Waals surface area (Å²) in [6.45, 7) is 0. The Hall–Kier alpha value is -4.27. The summed E-state index contributed by atoms with van der Waals surface area (Å²) < 4.78 is 11.8. The fourth-order valence-electron chi connectivity index (χ4n) is 2.62. The lowest BCUT2D eigenvalue weighted by atomic mass is 10.2. The predicted octanol–water partition coefficient (Wildman–Crippen LogP) is 2.97. The lowest BCUT2D eigenvalue weighted by Gasteiger charge is -2.10. The van der Waals surface area contributed by atoms with Crippen LogP contribution in [0.3, 0.4) is 0 Å². The van der Waals surface area contributed by atoms with Crippen LogP contribution >= 0.6 is 0 Å². The molecule has 3 heterocycles. The van der Waals surface area contributed by atoms with E-state index >= 15 is 0 Å². The number of furan rings is 1. The number of hydrogen-bond acceptors (Lipinski definition) is 7. The van der Waals surface area contributed by atoms with Crippen molar-refractivity contribution >= 4 is 23.4 Å². The van der Waals surface area contributed by atoms with Crippen LogP contribution in [0.4, 0.5) is 5.69 Å². The van der Waals surface area contributed by atoms with Crippen LogP contribution in [0.1, 0.15) is 5.76 Å². The summed E-state index contributed by atoms with van der Waals surface area (Å²) in [4.78, 5) is 17.2. The maximum Gasteiger partial charge on any atom is 0.274 e. The minimum Gasteiger partial charge on any atom is -0.481 e. The third-order valence-electron chi connectivity index (χ3n) is 3.99. The third-order valence-corrected chi connectivity index (χ3v) is 3.99. The molecule has 0 atom stereocenters. The van der Waals surface area contributed by atoms with Gasteiger partial charge in [0.2, 0.25) is 5.88 Å². The number of tetrazole rings is 1. The zero-order valence-corrected chi connectivity index (χ0v) is 15.4. The Morgan fingerprint density at radius 2 is 2.00 bits per heavy atom. The summed E-state index contributed by atoms with van der Waals surface area (Å²) in [5.41, 5.74) is 1.44. The van der Waals surface area contributed by atoms with Crippen molar-refractivity contribution in [2.75, 3.05) is 12.4 Å². The van der Waals surface area contributed by atoms with E-state index in [2.05, 4.69) is 25.8 Å². The largest absolute Gasteiger partial charge is 0.481 e. The van der Waals surface area contributed by atoms with Crippen molar-refractivity contribution in [3.8, 4) is 17.3 Å². The number of amides is 1. The third kappa shape index (κ3) is 4.03. The Morgan fingerprint density at radius 3 is 2.69 bits per heavy atom. The van der Waals surface area contributed by atoms with Crippen LogP contribution < -0.4 is 10.1 Å². The zero-order chi connectivity index (χ0) is 20.1. The average Bonchev–Trinajstić information content (AvgIpc) is 3.45. The van der Waals surface area contributed by atoms with Crippen molar-refractivity contribution in [3.63, 3.8) is 0 Å². The number of ether oxygens (including phenoxy) is 1. The predicted molar refractivity (Wildman–Crippen MR) is 106 cm³/mol. The molecule has 0 saturated heterocycles. The van der Waals surface area contributed by atoms with E-state index in [-0.39, 0.29) is 5.70 Å². The van der Waals surface area contributed by atoms with Crippen LogP contribution in [0.5, 0.6) is 5.88 Å². The molecule has 0 aliphatic rings. The second kappa shape index (κ2) is 8.17. The quantitative estimate of drug-likeness (QED) is 0.506. The molecule has 29 heavy (non-hydrogen) atoms. The molecule has 0 aliphatic heterocycles. The molecule has 1 aromatic carbocycles. The van der Waals surface area contributed by atoms with Crippen molar-refractivity contribution in [1.29, 1.82) is 0 Å². The monoisotopic (exact) mass is 388 g/mol. The van der Waals surface area contributed by atoms with E-state index < -0.39 is 5.91 Å². The molecule has 3 aromatic heterocycles. The normalized spacial score (nSPS) is 11.3. The lowest BCUT2D eigenvalue weighted by Crippen LogP contribution is -2.19. The topological polar surface area (TPSA) is 108 Å². The Kier molecular flexibility index (Phi) is 5.10. The molecule has 0 saturated carbocycles. The number of hydrogen-bond donors (Lipinski definition) is 1. The van der Waals surface area contributed by atoms with Crippen LogP contribution in [-0.2, 0) is 4.79 Å². The molecule has 0 fully saturated rings. The van der Waals surface area contributed by atoms with Gasteiger partial charge in [-0.2, -0.15) is 4.68 Å². The highest BCUT2D eigenvalue weighted by Gasteiger charge is 2.20. The van der Waals surface area contributed by atoms with Crippen molar-refractivity contribution < 1.29 is 13.9 Å². The standard InChI is InChI=1S/C20H16N6O3/c1-28-18-10-9-15(13-21-18)22-20(27)17(12-16-8-5-11-29-16)26-19(23-24-25-26)14-6-3-2-4-7-14/h2-13H,1H3,(H,22,27)/b17-12-. The van der Waals surface area contributed by atoms with Crippen molar-refractivity contribution in [2.45, 2.75) is 0 Å². The van der Waals surface area contributed by atoms with Gasteiger partial charge in [0.15, 0.2) is 5.82 Å². The molecule has 9 heteroatoms. The Balaban J connectivity index is 1.72. The van der Waals surface area contributed by atoms with Gasteiger partial charge in [-0.25, -0.2) is 4.98 Å². The van der Waals surface area contributed by atoms with Crippen LogP contribution in [0.2, 0.25) is 0 Å². The number of anilines is 1. The minimum atomic E-state index is -0.433. The smallest absolute Gasteiger partial charge is 0.274 e. The number of benzene rings is 1. The first-order chi connectivity index (χ1) is 14.2. The van der Waals surface area contributed by atoms with Crippen LogP contribution in [-0.4, -0.2) is 38.2 Å². The first kappa shape index (κ1) is 18.1. The number of carbonyl (C=O) groups is 1. The van der Waals surface area contributed by atoms with Gasteiger partial charge in [0.05, 0.1) is 25.3 Å². The molecular formula is C20H16N6O3. The number of nitrogens with one attached hydrogen (secondary N) is 1. The van der Waals surface area contributed by atoms with Gasteiger partial charge in [-0.15, -0.1) is 5.10 Å². The maximum atomic E-state index is 13.1. The SMILES string of the molecule is COc1ccc(NC(=O)/C(=C/c2ccco2)n2nnnc2-c2ccccc2)cn1. The minimum absolute atomic E-state index is 0.180. The summed E-state index contributed by atoms with van der Waals surface area (Å²) in [5.74, 6) is 0.919. The van der Waals surface area contributed by atoms with Crippen molar-refractivity contribution in [2.24, 2.45) is 0 Å². The average molecular weight is 388 g/mol. The highest BCUT2D eigenvalue weighted by atomic mass is 16.5. The molecule has 0 aliphatic carbocycles. The molecule has 4 aromatic rings. The molecule has 0 radical (unpaired) electrons. The van der Waals surface area contributed by atoms with Crippen molar-refractivity contribution in [1.82, 2.24) is 25.2 Å². The molecule has 144 valence electrons. The molecular weight excluding hydrogens is 372 g/mol. The van der Waals surface area contributed by atoms with Gasteiger partial charge >= 0.3 is 0 Å². The second-order valence-electron chi connectivity index (χ2n) is 5.87. The second-order valence-corrected chi connectivity index (χ2v) is 5.87. The van der Waals surface area contributed by atoms with Gasteiger partial charge in [-0.1, -0.05) is 30.3 Å². The fourth-order valence-corrected chi connectivity index (χ4v) is 2.62. The van der Waals surface area contributed by atoms with Crippen LogP contribution in [0.15, 0.2) is 71.5 Å². The lowest BCUT2D eigenvalue weighted by molar-refractivity contribution is -0.111. The molecule has 4 rings (SSSR count). The molecule has 1 N–H and O–H groups in total. The summed E-state index contributed by atoms with van der Waals surface area (Å²) in [7, 11) is 1.52. The van der Waals surface area contributed by atoms with Gasteiger partial charge in [-0.3, -0.25) is 4.79 Å². The number of nitrogens with zero attached hydrogens (tertiary/aromatic N) is 5. The summed E-state index contributed by atoms with van der Waals surface area (Å²) in [6.07, 6.45) is 4.58. The first-order valence-electron chi connectivity index (χ1n) is 8.65. The van der Waals surface area contributed by atoms with Gasteiger partial charge in [0, 0.05) is 17.7 Å². The number of aromatic nitrogens is 5. The zero-order valence-electron chi connectivity index (χ0n) is 15.4. The van der Waals surface area contributed by atoms with Gasteiger partial charge < -0.3 is 14.5 Å². The fraction of sp³-hybridized carbons (Fsp3) is 0.0500. The maximum absolute atomic E-state index is 13.1. The Labute approximate surface area is 165 Å². The summed E-state index contributed by atoms with van der Waals surface area (Å²) in [5, 5.41) is 14.6. The van der Waals surface area contributed by atoms with Gasteiger partial charge in [0.25, 0.3) is 5.91 Å². The molecule has 0 unspecified atom stereocenters. The Bertz CT molecular complexity index is 1120. The van der Waals surface area contributed by atoms with E-state index in [0.29, 0.717) is 23.2 Å². The molecule has 0 bridgehead atoms. The summed E-state index contributed by atoms with van der Waals surface area (Å²) in [6, 6.07) is 16.1. The van der Waals surface area contributed by atoms with E-state index in [4.69, 9.17) is 9.15 Å². The Morgan fingerprint density at radius 1 is 1.14 bits per heavy atom. The number of pyridine rings is 1. The molecule has 0 spiro atoms. The van der Waals surface area contributed by atoms with Crippen LogP contribution in [0.25, 0.3) is 23.2 Å². The number of carbonyl (C=O) groups excluding carboxylic acids is 1. The van der Waals surface area contributed by atoms with E-state index in [1.54, 1.807) is 30.3 Å². The number of rotatable bonds is 6. The van der Waals surface area contributed by atoms with Gasteiger partial charge in [0.1, 0.15) is 11.5 Å². The first-order valence-corrected chi connectivity index (χ1v) is 8.65. The summed E-state index contributed by atoms with van der Waals surface area (Å²) >= 11 is 0. The highest BCUT2D eigenvalue weighted by Crippen LogP contribution is 2.22. The molecule has 9 nitrogen and oxygen atoms in total.